The van der Waals surface area contributed by atoms with Crippen LogP contribution >= 0.6 is 0 Å². The SMILES string of the molecule is CC.NCc1ccc[nH]1. The van der Waals surface area contributed by atoms with Gasteiger partial charge in [0.2, 0.25) is 0 Å². The first-order valence-electron chi connectivity index (χ1n) is 3.26. The van der Waals surface area contributed by atoms with E-state index in [1.54, 1.807) is 0 Å². The van der Waals surface area contributed by atoms with Crippen LogP contribution in [0.1, 0.15) is 19.5 Å². The average Bonchev–Trinajstić information content (AvgIpc) is 2.43. The van der Waals surface area contributed by atoms with E-state index in [4.69, 9.17) is 5.73 Å². The predicted molar refractivity (Wildman–Crippen MR) is 40.0 cm³/mol. The molecule has 1 rings (SSSR count). The molecule has 2 heteroatoms. The summed E-state index contributed by atoms with van der Waals surface area (Å²) in [5, 5.41) is 0. The molecule has 0 radical (unpaired) electrons. The minimum absolute atomic E-state index is 0.604. The third-order valence-electron chi connectivity index (χ3n) is 0.882. The van der Waals surface area contributed by atoms with Crippen molar-refractivity contribution in [2.45, 2.75) is 20.4 Å². The predicted octanol–water partition coefficient (Wildman–Crippen LogP) is 1.50. The summed E-state index contributed by atoms with van der Waals surface area (Å²) in [6.07, 6.45) is 1.86. The lowest BCUT2D eigenvalue weighted by Gasteiger charge is -1.82. The van der Waals surface area contributed by atoms with E-state index in [-0.39, 0.29) is 0 Å². The molecule has 0 saturated carbocycles. The van der Waals surface area contributed by atoms with Gasteiger partial charge in [-0.25, -0.2) is 0 Å². The normalized spacial score (nSPS) is 7.89. The Morgan fingerprint density at radius 1 is 1.56 bits per heavy atom. The molecule has 0 aromatic carbocycles. The Morgan fingerprint density at radius 2 is 2.22 bits per heavy atom. The molecule has 0 amide bonds. The Hall–Kier alpha value is -0.760. The number of hydrogen-bond donors (Lipinski definition) is 2. The van der Waals surface area contributed by atoms with Crippen molar-refractivity contribution < 1.29 is 0 Å². The van der Waals surface area contributed by atoms with Crippen LogP contribution in [0.25, 0.3) is 0 Å². The van der Waals surface area contributed by atoms with Gasteiger partial charge in [0.1, 0.15) is 0 Å². The fraction of sp³-hybridized carbons (Fsp3) is 0.429. The largest absolute Gasteiger partial charge is 0.364 e. The molecule has 0 saturated heterocycles. The number of H-pyrrole nitrogens is 1. The van der Waals surface area contributed by atoms with Crippen molar-refractivity contribution in [2.24, 2.45) is 5.73 Å². The number of aromatic amines is 1. The van der Waals surface area contributed by atoms with Gasteiger partial charge in [-0.3, -0.25) is 0 Å². The summed E-state index contributed by atoms with van der Waals surface area (Å²) in [5.41, 5.74) is 6.35. The molecule has 0 aliphatic heterocycles. The maximum Gasteiger partial charge on any atom is 0.0332 e. The summed E-state index contributed by atoms with van der Waals surface area (Å²) in [5.74, 6) is 0. The van der Waals surface area contributed by atoms with Crippen LogP contribution in [0.2, 0.25) is 0 Å². The number of nitrogens with two attached hydrogens (primary N) is 1. The third kappa shape index (κ3) is 2.93. The number of nitrogens with one attached hydrogen (secondary N) is 1. The van der Waals surface area contributed by atoms with E-state index in [9.17, 15) is 0 Å². The van der Waals surface area contributed by atoms with Gasteiger partial charge in [0.15, 0.2) is 0 Å². The summed E-state index contributed by atoms with van der Waals surface area (Å²) in [7, 11) is 0. The highest BCUT2D eigenvalue weighted by molar-refractivity contribution is 5.02. The zero-order valence-electron chi connectivity index (χ0n) is 6.02. The smallest absolute Gasteiger partial charge is 0.0332 e. The van der Waals surface area contributed by atoms with Crippen molar-refractivity contribution >= 4 is 0 Å². The van der Waals surface area contributed by atoms with E-state index in [0.29, 0.717) is 6.54 Å². The van der Waals surface area contributed by atoms with E-state index in [2.05, 4.69) is 4.98 Å². The Morgan fingerprint density at radius 3 is 2.44 bits per heavy atom. The van der Waals surface area contributed by atoms with Crippen molar-refractivity contribution in [1.82, 2.24) is 4.98 Å². The van der Waals surface area contributed by atoms with Crippen LogP contribution in [0.4, 0.5) is 0 Å². The van der Waals surface area contributed by atoms with Gasteiger partial charge in [-0.1, -0.05) is 13.8 Å². The second-order valence-electron chi connectivity index (χ2n) is 1.40. The summed E-state index contributed by atoms with van der Waals surface area (Å²) in [6, 6.07) is 3.89. The van der Waals surface area contributed by atoms with Crippen molar-refractivity contribution in [3.63, 3.8) is 0 Å². The molecule has 1 aromatic rings. The minimum Gasteiger partial charge on any atom is -0.364 e. The summed E-state index contributed by atoms with van der Waals surface area (Å²) >= 11 is 0. The molecular weight excluding hydrogens is 112 g/mol. The van der Waals surface area contributed by atoms with Gasteiger partial charge >= 0.3 is 0 Å². The highest BCUT2D eigenvalue weighted by Gasteiger charge is 1.81. The monoisotopic (exact) mass is 126 g/mol. The molecule has 1 aromatic heterocycles. The number of hydrogen-bond acceptors (Lipinski definition) is 1. The van der Waals surface area contributed by atoms with Crippen LogP contribution in [0.15, 0.2) is 18.3 Å². The molecule has 0 spiro atoms. The molecule has 52 valence electrons. The number of rotatable bonds is 1. The maximum absolute atomic E-state index is 5.26. The first-order valence-corrected chi connectivity index (χ1v) is 3.26. The lowest BCUT2D eigenvalue weighted by Crippen LogP contribution is -1.94. The van der Waals surface area contributed by atoms with E-state index in [1.165, 1.54) is 0 Å². The van der Waals surface area contributed by atoms with Crippen LogP contribution in [-0.2, 0) is 6.54 Å². The van der Waals surface area contributed by atoms with Crippen molar-refractivity contribution in [3.05, 3.63) is 24.0 Å². The van der Waals surface area contributed by atoms with E-state index < -0.39 is 0 Å². The van der Waals surface area contributed by atoms with Crippen LogP contribution < -0.4 is 5.73 Å². The molecule has 0 bridgehead atoms. The van der Waals surface area contributed by atoms with E-state index in [1.807, 2.05) is 32.2 Å². The van der Waals surface area contributed by atoms with Crippen molar-refractivity contribution in [3.8, 4) is 0 Å². The molecule has 3 N–H and O–H groups in total. The van der Waals surface area contributed by atoms with Crippen molar-refractivity contribution in [1.29, 1.82) is 0 Å². The zero-order valence-corrected chi connectivity index (χ0v) is 6.02. The Kier molecular flexibility index (Phi) is 4.92. The molecule has 1 heterocycles. The molecule has 0 fully saturated rings. The van der Waals surface area contributed by atoms with Gasteiger partial charge in [-0.05, 0) is 12.1 Å². The zero-order chi connectivity index (χ0) is 7.11. The molecule has 2 nitrogen and oxygen atoms in total. The summed E-state index contributed by atoms with van der Waals surface area (Å²) in [4.78, 5) is 2.96. The topological polar surface area (TPSA) is 41.8 Å². The standard InChI is InChI=1S/C5H8N2.C2H6/c6-4-5-2-1-3-7-5;1-2/h1-3,7H,4,6H2;1-2H3. The van der Waals surface area contributed by atoms with Crippen LogP contribution in [0.5, 0.6) is 0 Å². The second-order valence-corrected chi connectivity index (χ2v) is 1.40. The van der Waals surface area contributed by atoms with Crippen LogP contribution in [-0.4, -0.2) is 4.98 Å². The lowest BCUT2D eigenvalue weighted by molar-refractivity contribution is 1.01. The first-order chi connectivity index (χ1) is 4.43. The van der Waals surface area contributed by atoms with Crippen LogP contribution in [0.3, 0.4) is 0 Å². The fourth-order valence-corrected chi connectivity index (χ4v) is 0.494. The molecular formula is C7H14N2. The van der Waals surface area contributed by atoms with Gasteiger partial charge in [-0.2, -0.15) is 0 Å². The maximum atomic E-state index is 5.26. The second kappa shape index (κ2) is 5.38. The fourth-order valence-electron chi connectivity index (χ4n) is 0.494. The highest BCUT2D eigenvalue weighted by Crippen LogP contribution is 1.88. The van der Waals surface area contributed by atoms with Crippen molar-refractivity contribution in [2.75, 3.05) is 0 Å². The van der Waals surface area contributed by atoms with Gasteiger partial charge in [0, 0.05) is 18.4 Å². The summed E-state index contributed by atoms with van der Waals surface area (Å²) < 4.78 is 0. The van der Waals surface area contributed by atoms with Gasteiger partial charge in [0.25, 0.3) is 0 Å². The van der Waals surface area contributed by atoms with Gasteiger partial charge < -0.3 is 10.7 Å². The minimum atomic E-state index is 0.604. The summed E-state index contributed by atoms with van der Waals surface area (Å²) in [6.45, 7) is 4.60. The van der Waals surface area contributed by atoms with Crippen LogP contribution in [0, 0.1) is 0 Å². The highest BCUT2D eigenvalue weighted by atomic mass is 14.7. The molecule has 0 aliphatic rings. The Labute approximate surface area is 56.1 Å². The van der Waals surface area contributed by atoms with Gasteiger partial charge in [0.05, 0.1) is 0 Å². The number of aromatic nitrogens is 1. The molecule has 0 aliphatic carbocycles. The third-order valence-corrected chi connectivity index (χ3v) is 0.882. The molecule has 0 atom stereocenters. The quantitative estimate of drug-likeness (QED) is 0.588. The van der Waals surface area contributed by atoms with Gasteiger partial charge in [-0.15, -0.1) is 0 Å². The Balaban J connectivity index is 0.000000291. The lowest BCUT2D eigenvalue weighted by atomic mass is 10.4. The van der Waals surface area contributed by atoms with E-state index >= 15 is 0 Å². The molecule has 0 unspecified atom stereocenters. The Bertz CT molecular complexity index is 121. The van der Waals surface area contributed by atoms with E-state index in [0.717, 1.165) is 5.69 Å². The molecule has 9 heavy (non-hydrogen) atoms. The average molecular weight is 126 g/mol. The first kappa shape index (κ1) is 8.24.